The van der Waals surface area contributed by atoms with Crippen molar-refractivity contribution in [3.63, 3.8) is 0 Å². The first-order valence-corrected chi connectivity index (χ1v) is 10.8. The van der Waals surface area contributed by atoms with E-state index in [9.17, 15) is 19.6 Å². The third kappa shape index (κ3) is 5.48. The highest BCUT2D eigenvalue weighted by atomic mass is 16.5. The molecule has 1 saturated carbocycles. The Morgan fingerprint density at radius 1 is 1.29 bits per heavy atom. The number of unbranched alkanes of at least 4 members (excludes halogenated alkanes) is 1. The first-order chi connectivity index (χ1) is 15.0. The van der Waals surface area contributed by atoms with E-state index in [2.05, 4.69) is 23.3 Å². The van der Waals surface area contributed by atoms with Crippen molar-refractivity contribution >= 4 is 22.9 Å². The summed E-state index contributed by atoms with van der Waals surface area (Å²) in [5.74, 6) is -1.07. The topological polar surface area (TPSA) is 114 Å². The van der Waals surface area contributed by atoms with E-state index in [1.807, 2.05) is 24.3 Å². The lowest BCUT2D eigenvalue weighted by Gasteiger charge is -2.21. The molecule has 0 unspecified atom stereocenters. The van der Waals surface area contributed by atoms with E-state index in [-0.39, 0.29) is 18.4 Å². The third-order valence-corrected chi connectivity index (χ3v) is 5.64. The molecule has 0 spiro atoms. The minimum absolute atomic E-state index is 0.0506. The van der Waals surface area contributed by atoms with Gasteiger partial charge in [0.2, 0.25) is 0 Å². The first-order valence-electron chi connectivity index (χ1n) is 10.8. The number of carbonyl (C=O) groups is 2. The van der Waals surface area contributed by atoms with Crippen molar-refractivity contribution in [3.8, 4) is 6.07 Å². The molecule has 3 rings (SSSR count). The maximum absolute atomic E-state index is 12.9. The molecule has 1 N–H and O–H groups in total. The zero-order valence-electron chi connectivity index (χ0n) is 17.9. The Morgan fingerprint density at radius 2 is 2.03 bits per heavy atom. The van der Waals surface area contributed by atoms with Crippen LogP contribution >= 0.6 is 0 Å². The summed E-state index contributed by atoms with van der Waals surface area (Å²) >= 11 is 0. The van der Waals surface area contributed by atoms with Gasteiger partial charge in [-0.25, -0.2) is 4.98 Å². The third-order valence-electron chi connectivity index (χ3n) is 5.64. The number of fused-ring (bicyclic) bond motifs is 1. The molecule has 2 aromatic rings. The number of nitrogens with one attached hydrogen (secondary N) is 1. The van der Waals surface area contributed by atoms with Crippen LogP contribution < -0.4 is 10.9 Å². The van der Waals surface area contributed by atoms with Gasteiger partial charge in [0.1, 0.15) is 11.2 Å². The number of benzene rings is 1. The maximum atomic E-state index is 12.9. The van der Waals surface area contributed by atoms with Crippen LogP contribution in [-0.2, 0) is 27.3 Å². The fraction of sp³-hybridized carbons (Fsp3) is 0.522. The molecule has 1 aliphatic carbocycles. The minimum atomic E-state index is -0.845. The van der Waals surface area contributed by atoms with E-state index in [4.69, 9.17) is 4.74 Å². The number of para-hydroxylation sites is 2. The molecule has 8 nitrogen and oxygen atoms in total. The molecular formula is C23H28N4O4. The lowest BCUT2D eigenvalue weighted by atomic mass is 10.00. The number of carbonyl (C=O) groups excluding carboxylic acids is 2. The molecule has 8 heteroatoms. The van der Waals surface area contributed by atoms with Crippen molar-refractivity contribution in [3.05, 3.63) is 40.3 Å². The standard InChI is InChI=1S/C23H28N4O4/c1-2-3-14-27-19-9-5-4-8-17(19)25-18(22(27)30)10-11-21(29)31-15-20(28)26-23(16-24)12-6-7-13-23/h4-5,8-9H,2-3,6-7,10-15H2,1H3,(H,26,28). The van der Waals surface area contributed by atoms with E-state index >= 15 is 0 Å². The van der Waals surface area contributed by atoms with E-state index in [1.165, 1.54) is 0 Å². The highest BCUT2D eigenvalue weighted by Crippen LogP contribution is 2.28. The number of esters is 1. The average molecular weight is 425 g/mol. The van der Waals surface area contributed by atoms with Crippen LogP contribution in [0.25, 0.3) is 11.0 Å². The number of hydrogen-bond donors (Lipinski definition) is 1. The van der Waals surface area contributed by atoms with Gasteiger partial charge in [-0.3, -0.25) is 14.4 Å². The largest absolute Gasteiger partial charge is 0.456 e. The summed E-state index contributed by atoms with van der Waals surface area (Å²) in [5, 5.41) is 12.0. The molecule has 1 fully saturated rings. The lowest BCUT2D eigenvalue weighted by Crippen LogP contribution is -2.46. The summed E-state index contributed by atoms with van der Waals surface area (Å²) < 4.78 is 6.76. The summed E-state index contributed by atoms with van der Waals surface area (Å²) in [7, 11) is 0. The number of aryl methyl sites for hydroxylation is 2. The van der Waals surface area contributed by atoms with Crippen LogP contribution in [0.4, 0.5) is 0 Å². The molecule has 1 aliphatic rings. The molecule has 31 heavy (non-hydrogen) atoms. The van der Waals surface area contributed by atoms with Gasteiger partial charge < -0.3 is 14.6 Å². The van der Waals surface area contributed by atoms with Crippen LogP contribution in [0.2, 0.25) is 0 Å². The van der Waals surface area contributed by atoms with E-state index < -0.39 is 24.0 Å². The van der Waals surface area contributed by atoms with Gasteiger partial charge in [0.25, 0.3) is 11.5 Å². The van der Waals surface area contributed by atoms with E-state index in [1.54, 1.807) is 4.57 Å². The second kappa shape index (κ2) is 10.2. The van der Waals surface area contributed by atoms with Gasteiger partial charge in [-0.1, -0.05) is 25.5 Å². The molecule has 1 aromatic carbocycles. The van der Waals surface area contributed by atoms with Crippen LogP contribution in [0.3, 0.4) is 0 Å². The Kier molecular flexibility index (Phi) is 7.40. The van der Waals surface area contributed by atoms with Gasteiger partial charge in [0.05, 0.1) is 23.5 Å². The second-order valence-electron chi connectivity index (χ2n) is 7.97. The van der Waals surface area contributed by atoms with Crippen LogP contribution in [-0.4, -0.2) is 33.6 Å². The molecule has 0 bridgehead atoms. The van der Waals surface area contributed by atoms with Gasteiger partial charge in [0.15, 0.2) is 6.61 Å². The maximum Gasteiger partial charge on any atom is 0.306 e. The monoisotopic (exact) mass is 424 g/mol. The van der Waals surface area contributed by atoms with Gasteiger partial charge in [-0.2, -0.15) is 5.26 Å². The molecule has 1 amide bonds. The molecule has 0 aliphatic heterocycles. The number of aromatic nitrogens is 2. The van der Waals surface area contributed by atoms with Gasteiger partial charge in [-0.15, -0.1) is 0 Å². The summed E-state index contributed by atoms with van der Waals surface area (Å²) in [6.07, 6.45) is 4.92. The number of rotatable bonds is 9. The molecule has 164 valence electrons. The summed E-state index contributed by atoms with van der Waals surface area (Å²) in [4.78, 5) is 41.5. The zero-order valence-corrected chi connectivity index (χ0v) is 17.9. The van der Waals surface area contributed by atoms with Crippen molar-refractivity contribution < 1.29 is 14.3 Å². The predicted molar refractivity (Wildman–Crippen MR) is 115 cm³/mol. The number of ether oxygens (including phenoxy) is 1. The smallest absolute Gasteiger partial charge is 0.306 e. The van der Waals surface area contributed by atoms with Crippen LogP contribution in [0.5, 0.6) is 0 Å². The summed E-state index contributed by atoms with van der Waals surface area (Å²) in [5.41, 5.74) is 0.754. The van der Waals surface area contributed by atoms with Crippen molar-refractivity contribution in [2.24, 2.45) is 0 Å². The van der Waals surface area contributed by atoms with Crippen molar-refractivity contribution in [1.82, 2.24) is 14.9 Å². The molecular weight excluding hydrogens is 396 g/mol. The average Bonchev–Trinajstić information content (AvgIpc) is 3.24. The molecule has 1 aromatic heterocycles. The first kappa shape index (κ1) is 22.5. The van der Waals surface area contributed by atoms with Gasteiger partial charge >= 0.3 is 5.97 Å². The van der Waals surface area contributed by atoms with E-state index in [0.717, 1.165) is 31.2 Å². The number of amides is 1. The number of nitriles is 1. The summed E-state index contributed by atoms with van der Waals surface area (Å²) in [6.45, 7) is 2.22. The Balaban J connectivity index is 1.60. The van der Waals surface area contributed by atoms with Crippen LogP contribution in [0, 0.1) is 11.3 Å². The molecule has 0 radical (unpaired) electrons. The quantitative estimate of drug-likeness (QED) is 0.619. The SMILES string of the molecule is CCCCn1c(=O)c(CCC(=O)OCC(=O)NC2(C#N)CCCC2)nc2ccccc21. The number of hydrogen-bond acceptors (Lipinski definition) is 6. The normalized spacial score (nSPS) is 14.8. The molecule has 0 saturated heterocycles. The Labute approximate surface area is 181 Å². The predicted octanol–water partition coefficient (Wildman–Crippen LogP) is 2.62. The Hall–Kier alpha value is -3.21. The van der Waals surface area contributed by atoms with Crippen molar-refractivity contribution in [2.45, 2.75) is 70.4 Å². The minimum Gasteiger partial charge on any atom is -0.456 e. The highest BCUT2D eigenvalue weighted by molar-refractivity contribution is 5.81. The number of nitrogens with zero attached hydrogens (tertiary/aromatic N) is 3. The van der Waals surface area contributed by atoms with Gasteiger partial charge in [-0.05, 0) is 44.2 Å². The second-order valence-corrected chi connectivity index (χ2v) is 7.97. The lowest BCUT2D eigenvalue weighted by molar-refractivity contribution is -0.148. The fourth-order valence-corrected chi connectivity index (χ4v) is 3.93. The van der Waals surface area contributed by atoms with Crippen LogP contribution in [0.1, 0.15) is 57.6 Å². The van der Waals surface area contributed by atoms with Crippen molar-refractivity contribution in [2.75, 3.05) is 6.61 Å². The fourth-order valence-electron chi connectivity index (χ4n) is 3.93. The van der Waals surface area contributed by atoms with Crippen molar-refractivity contribution in [1.29, 1.82) is 5.26 Å². The Bertz CT molecular complexity index is 1050. The van der Waals surface area contributed by atoms with Crippen LogP contribution in [0.15, 0.2) is 29.1 Å². The van der Waals surface area contributed by atoms with E-state index in [0.29, 0.717) is 30.6 Å². The van der Waals surface area contributed by atoms with Gasteiger partial charge in [0, 0.05) is 13.0 Å². The molecule has 1 heterocycles. The highest BCUT2D eigenvalue weighted by Gasteiger charge is 2.35. The Morgan fingerprint density at radius 3 is 2.74 bits per heavy atom. The summed E-state index contributed by atoms with van der Waals surface area (Å²) in [6, 6.07) is 9.61. The zero-order chi connectivity index (χ0) is 22.3. The molecule has 0 atom stereocenters.